The summed E-state index contributed by atoms with van der Waals surface area (Å²) in [6, 6.07) is 1.46. The van der Waals surface area contributed by atoms with Crippen LogP contribution in [0.25, 0.3) is 0 Å². The van der Waals surface area contributed by atoms with Gasteiger partial charge in [0.25, 0.3) is 0 Å². The van der Waals surface area contributed by atoms with E-state index in [9.17, 15) is 0 Å². The SMILES string of the molecule is CN1CCN(CCC[SiH3])C1. The molecule has 60 valence electrons. The minimum absolute atomic E-state index is 1.20. The Morgan fingerprint density at radius 3 is 2.70 bits per heavy atom. The van der Waals surface area contributed by atoms with Crippen LogP contribution in [0, 0.1) is 0 Å². The molecule has 10 heavy (non-hydrogen) atoms. The molecule has 3 heteroatoms. The van der Waals surface area contributed by atoms with Crippen molar-refractivity contribution in [3.8, 4) is 0 Å². The molecule has 1 fully saturated rings. The molecule has 0 unspecified atom stereocenters. The fourth-order valence-corrected chi connectivity index (χ4v) is 1.68. The molecule has 0 amide bonds. The van der Waals surface area contributed by atoms with E-state index in [2.05, 4.69) is 16.8 Å². The second kappa shape index (κ2) is 4.11. The third-order valence-corrected chi connectivity index (χ3v) is 2.77. The Labute approximate surface area is 66.6 Å². The lowest BCUT2D eigenvalue weighted by Gasteiger charge is -2.13. The summed E-state index contributed by atoms with van der Waals surface area (Å²) in [4.78, 5) is 4.92. The van der Waals surface area contributed by atoms with Crippen molar-refractivity contribution in [3.05, 3.63) is 0 Å². The minimum Gasteiger partial charge on any atom is -0.292 e. The van der Waals surface area contributed by atoms with E-state index in [-0.39, 0.29) is 0 Å². The molecule has 0 atom stereocenters. The molecular weight excluding hydrogens is 140 g/mol. The molecule has 0 bridgehead atoms. The highest BCUT2D eigenvalue weighted by Crippen LogP contribution is 2.02. The Morgan fingerprint density at radius 2 is 2.20 bits per heavy atom. The summed E-state index contributed by atoms with van der Waals surface area (Å²) in [7, 11) is 3.57. The van der Waals surface area contributed by atoms with Crippen LogP contribution in [-0.2, 0) is 0 Å². The third-order valence-electron chi connectivity index (χ3n) is 2.07. The molecule has 0 N–H and O–H groups in total. The molecule has 0 aromatic rings. The van der Waals surface area contributed by atoms with Gasteiger partial charge in [0.05, 0.1) is 6.67 Å². The molecule has 0 aliphatic carbocycles. The minimum atomic E-state index is 1.20. The van der Waals surface area contributed by atoms with Gasteiger partial charge in [0, 0.05) is 23.3 Å². The van der Waals surface area contributed by atoms with Crippen LogP contribution in [0.15, 0.2) is 0 Å². The van der Waals surface area contributed by atoms with Gasteiger partial charge in [-0.2, -0.15) is 0 Å². The molecule has 0 spiro atoms. The number of nitrogens with zero attached hydrogens (tertiary/aromatic N) is 2. The van der Waals surface area contributed by atoms with E-state index in [0.717, 1.165) is 0 Å². The predicted octanol–water partition coefficient (Wildman–Crippen LogP) is -0.635. The van der Waals surface area contributed by atoms with Crippen LogP contribution in [0.3, 0.4) is 0 Å². The maximum absolute atomic E-state index is 2.54. The van der Waals surface area contributed by atoms with Crippen LogP contribution in [-0.4, -0.2) is 53.4 Å². The van der Waals surface area contributed by atoms with Crippen LogP contribution in [0.5, 0.6) is 0 Å². The van der Waals surface area contributed by atoms with Gasteiger partial charge in [-0.3, -0.25) is 9.80 Å². The van der Waals surface area contributed by atoms with Gasteiger partial charge < -0.3 is 0 Å². The van der Waals surface area contributed by atoms with Gasteiger partial charge in [0.2, 0.25) is 0 Å². The zero-order chi connectivity index (χ0) is 7.40. The van der Waals surface area contributed by atoms with Gasteiger partial charge >= 0.3 is 0 Å². The number of rotatable bonds is 3. The van der Waals surface area contributed by atoms with E-state index < -0.39 is 0 Å². The summed E-state index contributed by atoms with van der Waals surface area (Å²) in [5.74, 6) is 0. The Kier molecular flexibility index (Phi) is 3.38. The van der Waals surface area contributed by atoms with Crippen molar-refractivity contribution in [1.82, 2.24) is 9.80 Å². The lowest BCUT2D eigenvalue weighted by Crippen LogP contribution is -2.23. The van der Waals surface area contributed by atoms with E-state index in [1.165, 1.54) is 49.0 Å². The van der Waals surface area contributed by atoms with Gasteiger partial charge in [-0.05, 0) is 20.0 Å². The van der Waals surface area contributed by atoms with Gasteiger partial charge in [-0.15, -0.1) is 0 Å². The monoisotopic (exact) mass is 158 g/mol. The standard InChI is InChI=1S/C7H18N2Si/c1-8-4-5-9(7-8)3-2-6-10/h2-7H2,1,10H3. The maximum Gasteiger partial charge on any atom is 0.0504 e. The second-order valence-electron chi connectivity index (χ2n) is 3.19. The first kappa shape index (κ1) is 8.24. The summed E-state index contributed by atoms with van der Waals surface area (Å²) >= 11 is 0. The van der Waals surface area contributed by atoms with Gasteiger partial charge in [0.1, 0.15) is 0 Å². The molecule has 1 aliphatic heterocycles. The fraction of sp³-hybridized carbons (Fsp3) is 1.00. The van der Waals surface area contributed by atoms with Crippen LogP contribution in [0.1, 0.15) is 6.42 Å². The lowest BCUT2D eigenvalue weighted by molar-refractivity contribution is 0.275. The van der Waals surface area contributed by atoms with Crippen LogP contribution < -0.4 is 0 Å². The molecule has 1 heterocycles. The Balaban J connectivity index is 2.06. The van der Waals surface area contributed by atoms with E-state index in [4.69, 9.17) is 0 Å². The van der Waals surface area contributed by atoms with Gasteiger partial charge in [0.15, 0.2) is 0 Å². The lowest BCUT2D eigenvalue weighted by atomic mass is 10.4. The number of hydrogen-bond donors (Lipinski definition) is 0. The summed E-state index contributed by atoms with van der Waals surface area (Å²) in [5, 5.41) is 0. The second-order valence-corrected chi connectivity index (χ2v) is 4.19. The molecule has 2 nitrogen and oxygen atoms in total. The highest BCUT2D eigenvalue weighted by atomic mass is 28.1. The van der Waals surface area contributed by atoms with Crippen molar-refractivity contribution < 1.29 is 0 Å². The third kappa shape index (κ3) is 2.40. The Hall–Kier alpha value is 0.137. The van der Waals surface area contributed by atoms with Crippen LogP contribution in [0.2, 0.25) is 6.04 Å². The zero-order valence-electron chi connectivity index (χ0n) is 7.14. The Bertz CT molecular complexity index is 97.6. The molecule has 0 aromatic heterocycles. The summed E-state index contributed by atoms with van der Waals surface area (Å²) < 4.78 is 0. The van der Waals surface area contributed by atoms with Crippen molar-refractivity contribution in [2.24, 2.45) is 0 Å². The van der Waals surface area contributed by atoms with Crippen molar-refractivity contribution in [1.29, 1.82) is 0 Å². The molecule has 1 saturated heterocycles. The topological polar surface area (TPSA) is 6.48 Å². The van der Waals surface area contributed by atoms with E-state index >= 15 is 0 Å². The maximum atomic E-state index is 2.54. The van der Waals surface area contributed by atoms with E-state index in [1.54, 1.807) is 0 Å². The quantitative estimate of drug-likeness (QED) is 0.504. The van der Waals surface area contributed by atoms with Crippen molar-refractivity contribution in [3.63, 3.8) is 0 Å². The van der Waals surface area contributed by atoms with E-state index in [0.29, 0.717) is 0 Å². The van der Waals surface area contributed by atoms with E-state index in [1.807, 2.05) is 0 Å². The Morgan fingerprint density at radius 1 is 1.40 bits per heavy atom. The van der Waals surface area contributed by atoms with Gasteiger partial charge in [-0.25, -0.2) is 0 Å². The van der Waals surface area contributed by atoms with Crippen molar-refractivity contribution >= 4 is 10.2 Å². The summed E-state index contributed by atoms with van der Waals surface area (Å²) in [6.07, 6.45) is 1.42. The molecular formula is C7H18N2Si. The normalized spacial score (nSPS) is 22.5. The summed E-state index contributed by atoms with van der Waals surface area (Å²) in [5.41, 5.74) is 0. The molecule has 1 aliphatic rings. The molecule has 0 radical (unpaired) electrons. The smallest absolute Gasteiger partial charge is 0.0504 e. The van der Waals surface area contributed by atoms with Gasteiger partial charge in [-0.1, -0.05) is 6.04 Å². The highest BCUT2D eigenvalue weighted by molar-refractivity contribution is 6.08. The summed E-state index contributed by atoms with van der Waals surface area (Å²) in [6.45, 7) is 5.08. The van der Waals surface area contributed by atoms with Crippen LogP contribution >= 0.6 is 0 Å². The van der Waals surface area contributed by atoms with Crippen molar-refractivity contribution in [2.75, 3.05) is 33.4 Å². The molecule has 1 rings (SSSR count). The number of hydrogen-bond acceptors (Lipinski definition) is 2. The fourth-order valence-electron chi connectivity index (χ4n) is 1.36. The first-order valence-electron chi connectivity index (χ1n) is 4.24. The predicted molar refractivity (Wildman–Crippen MR) is 48.4 cm³/mol. The molecule has 0 saturated carbocycles. The average molecular weight is 158 g/mol. The van der Waals surface area contributed by atoms with Crippen LogP contribution in [0.4, 0.5) is 0 Å². The zero-order valence-corrected chi connectivity index (χ0v) is 9.14. The molecule has 0 aromatic carbocycles. The van der Waals surface area contributed by atoms with Crippen molar-refractivity contribution in [2.45, 2.75) is 12.5 Å². The first-order valence-corrected chi connectivity index (χ1v) is 5.65. The largest absolute Gasteiger partial charge is 0.292 e. The number of likely N-dealkylation sites (N-methyl/N-ethyl adjacent to an activating group) is 1. The highest BCUT2D eigenvalue weighted by Gasteiger charge is 2.14. The average Bonchev–Trinajstić information content (AvgIpc) is 2.31. The first-order chi connectivity index (χ1) is 4.83.